The van der Waals surface area contributed by atoms with Gasteiger partial charge in [0.05, 0.1) is 41.0 Å². The molecule has 51 heavy (non-hydrogen) atoms. The second-order valence-electron chi connectivity index (χ2n) is 6.05. The van der Waals surface area contributed by atoms with Crippen LogP contribution in [-0.4, -0.2) is 9.25 Å². The van der Waals surface area contributed by atoms with Gasteiger partial charge in [-0.25, -0.2) is 0 Å². The van der Waals surface area contributed by atoms with Gasteiger partial charge < -0.3 is 15.0 Å². The van der Waals surface area contributed by atoms with Crippen LogP contribution in [0.3, 0.4) is 0 Å². The van der Waals surface area contributed by atoms with E-state index >= 15 is 0 Å². The molecule has 0 N–H and O–H groups in total. The highest BCUT2D eigenvalue weighted by molar-refractivity contribution is 4.83. The molecule has 0 fully saturated rings. The van der Waals surface area contributed by atoms with Gasteiger partial charge in [0.1, 0.15) is 7.05 Å². The molecule has 0 unspecified atom stereocenters. The standard InChI is InChI=1S/3C5H7N2O.C5H5NO.8C2H6.4CH4/c1-6-2-4-7(8)5-3-6;1-6-3-2-4-7(8)5-6;1-6-4-2-3-5-7(6)8;7-6-4-2-1-3-5-6;8*1-2;;;;/h3*2-5H,1H3;1-5H;8*1-2H3;4*1H4/q3*+1;;;;;;;;;;;;;. The van der Waals surface area contributed by atoms with Crippen molar-refractivity contribution in [3.05, 3.63) is 125 Å². The van der Waals surface area contributed by atoms with Crippen molar-refractivity contribution in [2.45, 2.75) is 140 Å². The second kappa shape index (κ2) is 80.3. The fourth-order valence-corrected chi connectivity index (χ4v) is 1.81. The zero-order valence-corrected chi connectivity index (χ0v) is 33.6. The molecule has 11 heteroatoms. The highest BCUT2D eigenvalue weighted by Gasteiger charge is 1.92. The Bertz CT molecular complexity index is 1120. The molecular formula is C40H90N7O4+3. The lowest BCUT2D eigenvalue weighted by Gasteiger charge is -1.88. The van der Waals surface area contributed by atoms with E-state index in [2.05, 4.69) is 0 Å². The van der Waals surface area contributed by atoms with Gasteiger partial charge >= 0.3 is 6.33 Å². The van der Waals surface area contributed by atoms with Gasteiger partial charge in [0.2, 0.25) is 12.4 Å². The average molecular weight is 733 g/mol. The molecule has 0 saturated heterocycles. The van der Waals surface area contributed by atoms with Crippen molar-refractivity contribution in [2.75, 3.05) is 0 Å². The number of aromatic nitrogens is 7. The van der Waals surface area contributed by atoms with Crippen molar-refractivity contribution >= 4 is 0 Å². The average Bonchev–Trinajstić information content (AvgIpc) is 3.15. The van der Waals surface area contributed by atoms with Gasteiger partial charge in [-0.05, 0) is 6.07 Å². The minimum absolute atomic E-state index is 0. The SMILES string of the molecule is C.C.C.C.CC.CC.CC.CC.CC.CC.CC.CC.C[n+]1ccc[n+]([O-])c1.Cn1cc[n+](=O)cc1.Cn1cccc[n+]1=O.[O-][n+]1ccccc1. The largest absolute Gasteiger partial charge is 0.619 e. The minimum Gasteiger partial charge on any atom is -0.619 e. The second-order valence-corrected chi connectivity index (χ2v) is 6.05. The molecule has 4 heterocycles. The first-order valence-corrected chi connectivity index (χ1v) is 17.0. The lowest BCUT2D eigenvalue weighted by atomic mass is 10.5. The maximum absolute atomic E-state index is 10.5. The van der Waals surface area contributed by atoms with Crippen LogP contribution in [-0.2, 0) is 21.1 Å². The van der Waals surface area contributed by atoms with Crippen molar-refractivity contribution in [3.8, 4) is 0 Å². The first-order valence-electron chi connectivity index (χ1n) is 17.0. The van der Waals surface area contributed by atoms with Crippen LogP contribution in [0.5, 0.6) is 0 Å². The molecule has 4 rings (SSSR count). The predicted molar refractivity (Wildman–Crippen MR) is 227 cm³/mol. The Morgan fingerprint density at radius 3 is 1.00 bits per heavy atom. The Hall–Kier alpha value is -4.41. The van der Waals surface area contributed by atoms with Crippen molar-refractivity contribution in [1.29, 1.82) is 0 Å². The number of hydrogen-bond acceptors (Lipinski definition) is 4. The van der Waals surface area contributed by atoms with E-state index in [1.807, 2.05) is 118 Å². The maximum Gasteiger partial charge on any atom is 0.417 e. The van der Waals surface area contributed by atoms with E-state index in [0.29, 0.717) is 0 Å². The molecule has 0 radical (unpaired) electrons. The van der Waals surface area contributed by atoms with Gasteiger partial charge in [-0.15, -0.1) is 9.41 Å². The molecule has 0 aromatic carbocycles. The number of pyridine rings is 1. The lowest BCUT2D eigenvalue weighted by Crippen LogP contribution is -2.40. The van der Waals surface area contributed by atoms with Crippen molar-refractivity contribution < 1.29 is 23.0 Å². The van der Waals surface area contributed by atoms with Crippen LogP contribution in [0, 0.1) is 20.2 Å². The zero-order valence-electron chi connectivity index (χ0n) is 33.6. The van der Waals surface area contributed by atoms with Crippen molar-refractivity contribution in [2.24, 2.45) is 21.1 Å². The van der Waals surface area contributed by atoms with E-state index < -0.39 is 0 Å². The molecule has 0 atom stereocenters. The molecular weight excluding hydrogens is 642 g/mol. The zero-order chi connectivity index (χ0) is 39.1. The molecule has 0 aliphatic carbocycles. The fourth-order valence-electron chi connectivity index (χ4n) is 1.81. The van der Waals surface area contributed by atoms with E-state index in [0.717, 1.165) is 18.4 Å². The van der Waals surface area contributed by atoms with Gasteiger partial charge in [0.25, 0.3) is 6.20 Å². The van der Waals surface area contributed by atoms with E-state index in [1.54, 1.807) is 84.4 Å². The summed E-state index contributed by atoms with van der Waals surface area (Å²) in [6.45, 7) is 32.0. The third kappa shape index (κ3) is 72.4. The summed E-state index contributed by atoms with van der Waals surface area (Å²) >= 11 is 0. The molecule has 0 saturated carbocycles. The molecule has 0 spiro atoms. The van der Waals surface area contributed by atoms with Crippen LogP contribution >= 0.6 is 0 Å². The highest BCUT2D eigenvalue weighted by atomic mass is 16.5. The normalized spacial score (nSPS) is 6.41. The van der Waals surface area contributed by atoms with E-state index in [1.165, 1.54) is 48.2 Å². The monoisotopic (exact) mass is 733 g/mol. The van der Waals surface area contributed by atoms with Gasteiger partial charge in [-0.2, -0.15) is 9.30 Å². The van der Waals surface area contributed by atoms with Crippen LogP contribution in [0.4, 0.5) is 0 Å². The highest BCUT2D eigenvalue weighted by Crippen LogP contribution is 1.73. The van der Waals surface area contributed by atoms with Crippen LogP contribution in [0.1, 0.15) is 140 Å². The topological polar surface area (TPSA) is 114 Å². The molecule has 11 nitrogen and oxygen atoms in total. The Morgan fingerprint density at radius 2 is 0.784 bits per heavy atom. The van der Waals surface area contributed by atoms with Crippen LogP contribution in [0.15, 0.2) is 105 Å². The first-order chi connectivity index (χ1) is 22.8. The van der Waals surface area contributed by atoms with Crippen molar-refractivity contribution in [3.63, 3.8) is 0 Å². The molecule has 0 aliphatic rings. The van der Waals surface area contributed by atoms with E-state index in [9.17, 15) is 20.2 Å². The summed E-state index contributed by atoms with van der Waals surface area (Å²) in [6.07, 6.45) is 17.0. The summed E-state index contributed by atoms with van der Waals surface area (Å²) in [5.41, 5.74) is 0. The smallest absolute Gasteiger partial charge is 0.417 e. The summed E-state index contributed by atoms with van der Waals surface area (Å²) in [5.74, 6) is 0. The minimum atomic E-state index is 0. The Balaban J connectivity index is -0.0000000343. The van der Waals surface area contributed by atoms with Crippen molar-refractivity contribution in [1.82, 2.24) is 9.25 Å². The van der Waals surface area contributed by atoms with Crippen LogP contribution in [0.25, 0.3) is 0 Å². The first kappa shape index (κ1) is 80.9. The third-order valence-corrected chi connectivity index (χ3v) is 3.37. The summed E-state index contributed by atoms with van der Waals surface area (Å²) in [7, 11) is 5.35. The number of hydrogen-bond donors (Lipinski definition) is 0. The molecule has 306 valence electrons. The summed E-state index contributed by atoms with van der Waals surface area (Å²) < 4.78 is 7.93. The Kier molecular flexibility index (Phi) is 127. The summed E-state index contributed by atoms with van der Waals surface area (Å²) in [5, 5.41) is 20.6. The van der Waals surface area contributed by atoms with Crippen LogP contribution in [0.2, 0.25) is 0 Å². The summed E-state index contributed by atoms with van der Waals surface area (Å²) in [4.78, 5) is 20.8. The molecule has 4 aromatic rings. The van der Waals surface area contributed by atoms with Gasteiger partial charge in [0, 0.05) is 30.2 Å². The quantitative estimate of drug-likeness (QED) is 0.132. The van der Waals surface area contributed by atoms with Gasteiger partial charge in [-0.1, -0.05) is 147 Å². The van der Waals surface area contributed by atoms with Gasteiger partial charge in [-0.3, -0.25) is 0 Å². The molecule has 0 aliphatic heterocycles. The lowest BCUT2D eigenvalue weighted by molar-refractivity contribution is -0.778. The predicted octanol–water partition coefficient (Wildman–Crippen LogP) is 10.1. The van der Waals surface area contributed by atoms with E-state index in [4.69, 9.17) is 0 Å². The van der Waals surface area contributed by atoms with E-state index in [-0.39, 0.29) is 29.7 Å². The Morgan fingerprint density at radius 1 is 0.431 bits per heavy atom. The third-order valence-electron chi connectivity index (χ3n) is 3.37. The fraction of sp³-hybridized carbons (Fsp3) is 0.575. The van der Waals surface area contributed by atoms with Crippen LogP contribution < -0.4 is 23.0 Å². The molecule has 0 bridgehead atoms. The maximum atomic E-state index is 10.5. The number of aryl methyl sites for hydroxylation is 3. The Labute approximate surface area is 318 Å². The molecule has 4 aromatic heterocycles. The van der Waals surface area contributed by atoms with Gasteiger partial charge in [0.15, 0.2) is 29.3 Å². The molecule has 0 amide bonds. The number of nitrogens with zero attached hydrogens (tertiary/aromatic N) is 7. The summed E-state index contributed by atoms with van der Waals surface area (Å²) in [6, 6.07) is 10.4. The number of rotatable bonds is 0.